The number of rotatable bonds is 7. The van der Waals surface area contributed by atoms with E-state index < -0.39 is 0 Å². The van der Waals surface area contributed by atoms with Crippen LogP contribution in [0.4, 0.5) is 0 Å². The fraction of sp³-hybridized carbons (Fsp3) is 0.625. The van der Waals surface area contributed by atoms with Crippen LogP contribution in [-0.2, 0) is 6.42 Å². The van der Waals surface area contributed by atoms with Gasteiger partial charge in [-0.05, 0) is 30.7 Å². The summed E-state index contributed by atoms with van der Waals surface area (Å²) in [4.78, 5) is 1.34. The number of aliphatic hydroxyl groups excluding tert-OH is 1. The Morgan fingerprint density at radius 3 is 2.86 bits per heavy atom. The van der Waals surface area contributed by atoms with Gasteiger partial charge >= 0.3 is 0 Å². The van der Waals surface area contributed by atoms with Crippen molar-refractivity contribution < 1.29 is 5.11 Å². The Morgan fingerprint density at radius 1 is 1.27 bits per heavy atom. The van der Waals surface area contributed by atoms with Gasteiger partial charge in [0.15, 0.2) is 5.16 Å². The van der Waals surface area contributed by atoms with E-state index in [2.05, 4.69) is 32.3 Å². The zero-order valence-electron chi connectivity index (χ0n) is 12.8. The maximum absolute atomic E-state index is 8.98. The maximum Gasteiger partial charge on any atom is 0.191 e. The Hall–Kier alpha value is -0.850. The summed E-state index contributed by atoms with van der Waals surface area (Å²) in [6.45, 7) is 0.243. The highest BCUT2D eigenvalue weighted by atomic mass is 32.2. The minimum absolute atomic E-state index is 0.243. The van der Waals surface area contributed by atoms with Gasteiger partial charge in [-0.1, -0.05) is 37.1 Å². The molecule has 0 atom stereocenters. The van der Waals surface area contributed by atoms with Crippen molar-refractivity contribution >= 4 is 23.1 Å². The maximum atomic E-state index is 8.98. The standard InChI is InChI=1S/C16H23N3OS2/c20-9-5-11-22-16-18-17-15(12-14-8-4-10-21-14)19(16)13-6-2-1-3-7-13/h4,8,10,13,20H,1-3,5-7,9,11-12H2. The smallest absolute Gasteiger partial charge is 0.191 e. The molecule has 0 saturated heterocycles. The predicted molar refractivity (Wildman–Crippen MR) is 91.7 cm³/mol. The molecule has 4 nitrogen and oxygen atoms in total. The number of hydrogen-bond acceptors (Lipinski definition) is 5. The molecule has 1 aliphatic rings. The lowest BCUT2D eigenvalue weighted by atomic mass is 9.95. The van der Waals surface area contributed by atoms with Crippen molar-refractivity contribution in [1.29, 1.82) is 0 Å². The van der Waals surface area contributed by atoms with Crippen LogP contribution in [0.3, 0.4) is 0 Å². The van der Waals surface area contributed by atoms with Gasteiger partial charge in [-0.15, -0.1) is 21.5 Å². The van der Waals surface area contributed by atoms with Gasteiger partial charge in [0.25, 0.3) is 0 Å². The third kappa shape index (κ3) is 3.91. The van der Waals surface area contributed by atoms with Gasteiger partial charge in [-0.2, -0.15) is 0 Å². The highest BCUT2D eigenvalue weighted by Crippen LogP contribution is 2.33. The number of hydrogen-bond donors (Lipinski definition) is 1. The molecule has 120 valence electrons. The molecular formula is C16H23N3OS2. The van der Waals surface area contributed by atoms with Crippen molar-refractivity contribution in [3.63, 3.8) is 0 Å². The molecular weight excluding hydrogens is 314 g/mol. The van der Waals surface area contributed by atoms with E-state index >= 15 is 0 Å². The van der Waals surface area contributed by atoms with Crippen LogP contribution in [0.1, 0.15) is 55.3 Å². The average Bonchev–Trinajstić information content (AvgIpc) is 3.19. The van der Waals surface area contributed by atoms with Crippen LogP contribution in [-0.4, -0.2) is 32.2 Å². The van der Waals surface area contributed by atoms with E-state index in [0.29, 0.717) is 6.04 Å². The molecule has 6 heteroatoms. The largest absolute Gasteiger partial charge is 0.396 e. The molecule has 0 unspecified atom stereocenters. The van der Waals surface area contributed by atoms with Crippen LogP contribution < -0.4 is 0 Å². The van der Waals surface area contributed by atoms with Crippen LogP contribution in [0, 0.1) is 0 Å². The first-order chi connectivity index (χ1) is 10.9. The van der Waals surface area contributed by atoms with Gasteiger partial charge in [0.05, 0.1) is 0 Å². The van der Waals surface area contributed by atoms with E-state index in [-0.39, 0.29) is 6.61 Å². The number of nitrogens with zero attached hydrogens (tertiary/aromatic N) is 3. The summed E-state index contributed by atoms with van der Waals surface area (Å²) in [6, 6.07) is 4.82. The molecule has 1 saturated carbocycles. The second-order valence-electron chi connectivity index (χ2n) is 5.74. The lowest BCUT2D eigenvalue weighted by molar-refractivity contribution is 0.296. The lowest BCUT2D eigenvalue weighted by Crippen LogP contribution is -2.16. The summed E-state index contributed by atoms with van der Waals surface area (Å²) in [6.07, 6.45) is 8.13. The molecule has 1 N–H and O–H groups in total. The first-order valence-corrected chi connectivity index (χ1v) is 9.95. The van der Waals surface area contributed by atoms with E-state index in [9.17, 15) is 0 Å². The minimum atomic E-state index is 0.243. The van der Waals surface area contributed by atoms with Gasteiger partial charge in [0.1, 0.15) is 5.82 Å². The molecule has 0 amide bonds. The van der Waals surface area contributed by atoms with E-state index in [0.717, 1.165) is 29.6 Å². The molecule has 1 fully saturated rings. The van der Waals surface area contributed by atoms with Crippen LogP contribution in [0.2, 0.25) is 0 Å². The normalized spacial score (nSPS) is 16.2. The fourth-order valence-electron chi connectivity index (χ4n) is 3.03. The molecule has 0 aliphatic heterocycles. The number of thioether (sulfide) groups is 1. The fourth-order valence-corrected chi connectivity index (χ4v) is 4.68. The van der Waals surface area contributed by atoms with Crippen molar-refractivity contribution in [2.24, 2.45) is 0 Å². The Kier molecular flexibility index (Phi) is 5.92. The predicted octanol–water partition coefficient (Wildman–Crippen LogP) is 3.91. The second kappa shape index (κ2) is 8.13. The Balaban J connectivity index is 1.81. The first kappa shape index (κ1) is 16.0. The average molecular weight is 338 g/mol. The van der Waals surface area contributed by atoms with Crippen LogP contribution >= 0.6 is 23.1 Å². The van der Waals surface area contributed by atoms with Gasteiger partial charge in [0.2, 0.25) is 0 Å². The molecule has 0 aromatic carbocycles. The molecule has 2 aromatic heterocycles. The summed E-state index contributed by atoms with van der Waals surface area (Å²) >= 11 is 3.51. The van der Waals surface area contributed by atoms with E-state index in [1.165, 1.54) is 37.0 Å². The zero-order valence-corrected chi connectivity index (χ0v) is 14.4. The highest BCUT2D eigenvalue weighted by Gasteiger charge is 2.23. The molecule has 1 aliphatic carbocycles. The Bertz CT molecular complexity index is 562. The van der Waals surface area contributed by atoms with E-state index in [1.54, 1.807) is 23.1 Å². The van der Waals surface area contributed by atoms with Gasteiger partial charge in [-0.3, -0.25) is 0 Å². The third-order valence-electron chi connectivity index (χ3n) is 4.12. The molecule has 0 bridgehead atoms. The van der Waals surface area contributed by atoms with E-state index in [4.69, 9.17) is 5.11 Å². The van der Waals surface area contributed by atoms with Crippen LogP contribution in [0.15, 0.2) is 22.7 Å². The number of thiophene rings is 1. The van der Waals surface area contributed by atoms with E-state index in [1.807, 2.05) is 0 Å². The molecule has 22 heavy (non-hydrogen) atoms. The summed E-state index contributed by atoms with van der Waals surface area (Å²) in [5.41, 5.74) is 0. The molecule has 2 heterocycles. The van der Waals surface area contributed by atoms with Crippen molar-refractivity contribution in [3.05, 3.63) is 28.2 Å². The quantitative estimate of drug-likeness (QED) is 0.615. The SMILES string of the molecule is OCCCSc1nnc(Cc2cccs2)n1C1CCCCC1. The van der Waals surface area contributed by atoms with Gasteiger partial charge < -0.3 is 9.67 Å². The van der Waals surface area contributed by atoms with Crippen molar-refractivity contribution in [1.82, 2.24) is 14.8 Å². The van der Waals surface area contributed by atoms with Crippen molar-refractivity contribution in [3.8, 4) is 0 Å². The summed E-state index contributed by atoms with van der Waals surface area (Å²) in [5.74, 6) is 2.00. The Morgan fingerprint density at radius 2 is 2.14 bits per heavy atom. The van der Waals surface area contributed by atoms with Crippen molar-refractivity contribution in [2.75, 3.05) is 12.4 Å². The minimum Gasteiger partial charge on any atom is -0.396 e. The zero-order chi connectivity index (χ0) is 15.2. The van der Waals surface area contributed by atoms with Gasteiger partial charge in [0, 0.05) is 29.7 Å². The molecule has 0 radical (unpaired) electrons. The monoisotopic (exact) mass is 337 g/mol. The molecule has 2 aromatic rings. The van der Waals surface area contributed by atoms with Crippen LogP contribution in [0.25, 0.3) is 0 Å². The first-order valence-electron chi connectivity index (χ1n) is 8.08. The Labute approximate surface area is 140 Å². The summed E-state index contributed by atoms with van der Waals surface area (Å²) in [7, 11) is 0. The number of aliphatic hydroxyl groups is 1. The molecule has 3 rings (SSSR count). The third-order valence-corrected chi connectivity index (χ3v) is 6.03. The summed E-state index contributed by atoms with van der Waals surface area (Å²) < 4.78 is 2.39. The lowest BCUT2D eigenvalue weighted by Gasteiger charge is -2.25. The van der Waals surface area contributed by atoms with Crippen molar-refractivity contribution in [2.45, 2.75) is 56.1 Å². The molecule has 0 spiro atoms. The topological polar surface area (TPSA) is 50.9 Å². The number of aromatic nitrogens is 3. The second-order valence-corrected chi connectivity index (χ2v) is 7.84. The van der Waals surface area contributed by atoms with Crippen LogP contribution in [0.5, 0.6) is 0 Å². The van der Waals surface area contributed by atoms with Gasteiger partial charge in [-0.25, -0.2) is 0 Å². The highest BCUT2D eigenvalue weighted by molar-refractivity contribution is 7.99. The summed E-state index contributed by atoms with van der Waals surface area (Å²) in [5, 5.41) is 21.1.